The number of anilines is 1. The van der Waals surface area contributed by atoms with E-state index in [0.717, 1.165) is 32.6 Å². The maximum atomic E-state index is 12.8. The summed E-state index contributed by atoms with van der Waals surface area (Å²) in [5.41, 5.74) is 4.71. The number of rotatable bonds is 5. The van der Waals surface area contributed by atoms with Gasteiger partial charge in [-0.25, -0.2) is 9.48 Å². The van der Waals surface area contributed by atoms with Gasteiger partial charge in [-0.2, -0.15) is 10.1 Å². The molecule has 0 saturated heterocycles. The molecule has 1 heterocycles. The van der Waals surface area contributed by atoms with Crippen molar-refractivity contribution in [1.82, 2.24) is 14.8 Å². The van der Waals surface area contributed by atoms with Gasteiger partial charge in [0.2, 0.25) is 5.91 Å². The van der Waals surface area contributed by atoms with Crippen LogP contribution < -0.4 is 11.0 Å². The molecule has 0 bridgehead atoms. The van der Waals surface area contributed by atoms with Crippen LogP contribution in [0.3, 0.4) is 0 Å². The monoisotopic (exact) mass is 376 g/mol. The first-order chi connectivity index (χ1) is 13.4. The van der Waals surface area contributed by atoms with Crippen LogP contribution in [0, 0.1) is 20.8 Å². The molecule has 3 rings (SSSR count). The molecule has 0 unspecified atom stereocenters. The molecular formula is C22H24N4O2. The van der Waals surface area contributed by atoms with Crippen molar-refractivity contribution in [2.45, 2.75) is 40.2 Å². The number of hydrogen-bond donors (Lipinski definition) is 1. The summed E-state index contributed by atoms with van der Waals surface area (Å²) in [7, 11) is 0. The first-order valence-electron chi connectivity index (χ1n) is 9.30. The van der Waals surface area contributed by atoms with E-state index < -0.39 is 11.7 Å². The normalized spacial score (nSPS) is 11.9. The summed E-state index contributed by atoms with van der Waals surface area (Å²) < 4.78 is 1.15. The Hall–Kier alpha value is -3.28. The van der Waals surface area contributed by atoms with Crippen molar-refractivity contribution in [3.8, 4) is 11.3 Å². The van der Waals surface area contributed by atoms with Crippen LogP contribution in [0.1, 0.15) is 36.1 Å². The fourth-order valence-electron chi connectivity index (χ4n) is 3.00. The standard InChI is InChI=1S/C22H24N4O2/c1-5-20(21(27)24-18-8-6-7-15(3)16(18)4)26-22(28)25-19(13-23-26)17-11-9-14(2)10-12-17/h6-13,20H,5H2,1-4H3,(H,24,27)/t20-/m1/s1. The maximum Gasteiger partial charge on any atom is 0.365 e. The Bertz CT molecular complexity index is 1050. The minimum absolute atomic E-state index is 0.282. The van der Waals surface area contributed by atoms with Crippen LogP contribution in [0.25, 0.3) is 11.3 Å². The first-order valence-corrected chi connectivity index (χ1v) is 9.30. The number of carbonyl (C=O) groups excluding carboxylic acids is 1. The SMILES string of the molecule is CC[C@H](C(=O)Nc1cccc(C)c1C)n1ncc(-c2ccc(C)cc2)nc1=O. The Morgan fingerprint density at radius 1 is 1.11 bits per heavy atom. The second-order valence-corrected chi connectivity index (χ2v) is 6.90. The van der Waals surface area contributed by atoms with E-state index in [1.165, 1.54) is 6.20 Å². The molecule has 144 valence electrons. The van der Waals surface area contributed by atoms with E-state index in [1.807, 2.05) is 70.2 Å². The molecule has 28 heavy (non-hydrogen) atoms. The smallest absolute Gasteiger partial charge is 0.324 e. The van der Waals surface area contributed by atoms with Crippen LogP contribution in [-0.4, -0.2) is 20.7 Å². The first kappa shape index (κ1) is 19.5. The molecule has 0 fully saturated rings. The topological polar surface area (TPSA) is 76.9 Å². The van der Waals surface area contributed by atoms with Gasteiger partial charge in [-0.1, -0.05) is 48.9 Å². The number of amides is 1. The minimum atomic E-state index is -0.730. The third-order valence-electron chi connectivity index (χ3n) is 4.91. The van der Waals surface area contributed by atoms with E-state index in [9.17, 15) is 9.59 Å². The van der Waals surface area contributed by atoms with Crippen molar-refractivity contribution in [1.29, 1.82) is 0 Å². The van der Waals surface area contributed by atoms with E-state index in [1.54, 1.807) is 0 Å². The van der Waals surface area contributed by atoms with Crippen molar-refractivity contribution >= 4 is 11.6 Å². The molecule has 0 aliphatic carbocycles. The average Bonchev–Trinajstić information content (AvgIpc) is 2.68. The van der Waals surface area contributed by atoms with Gasteiger partial charge >= 0.3 is 5.69 Å². The predicted octanol–water partition coefficient (Wildman–Crippen LogP) is 3.82. The summed E-state index contributed by atoms with van der Waals surface area (Å²) in [5.74, 6) is -0.282. The zero-order valence-electron chi connectivity index (χ0n) is 16.6. The van der Waals surface area contributed by atoms with Gasteiger partial charge in [-0.3, -0.25) is 4.79 Å². The van der Waals surface area contributed by atoms with Crippen LogP contribution in [0.2, 0.25) is 0 Å². The number of nitrogens with zero attached hydrogens (tertiary/aromatic N) is 3. The van der Waals surface area contributed by atoms with Gasteiger partial charge in [0.25, 0.3) is 0 Å². The third kappa shape index (κ3) is 4.01. The molecule has 6 nitrogen and oxygen atoms in total. The minimum Gasteiger partial charge on any atom is -0.324 e. The van der Waals surface area contributed by atoms with Gasteiger partial charge in [0, 0.05) is 11.3 Å². The Kier molecular flexibility index (Phi) is 5.68. The Morgan fingerprint density at radius 2 is 1.82 bits per heavy atom. The van der Waals surface area contributed by atoms with Gasteiger partial charge in [0.15, 0.2) is 0 Å². The molecule has 0 aliphatic rings. The lowest BCUT2D eigenvalue weighted by Gasteiger charge is -2.18. The Morgan fingerprint density at radius 3 is 2.46 bits per heavy atom. The number of aromatic nitrogens is 3. The average molecular weight is 376 g/mol. The molecule has 3 aromatic rings. The zero-order chi connectivity index (χ0) is 20.3. The van der Waals surface area contributed by atoms with Gasteiger partial charge in [-0.05, 0) is 44.4 Å². The van der Waals surface area contributed by atoms with Gasteiger partial charge in [0.1, 0.15) is 6.04 Å². The highest BCUT2D eigenvalue weighted by Gasteiger charge is 2.22. The van der Waals surface area contributed by atoms with Gasteiger partial charge in [-0.15, -0.1) is 0 Å². The predicted molar refractivity (Wildman–Crippen MR) is 110 cm³/mol. The molecule has 0 radical (unpaired) electrons. The van der Waals surface area contributed by atoms with Crippen LogP contribution in [-0.2, 0) is 4.79 Å². The van der Waals surface area contributed by atoms with E-state index in [2.05, 4.69) is 15.4 Å². The van der Waals surface area contributed by atoms with Gasteiger partial charge in [0.05, 0.1) is 11.9 Å². The molecule has 0 spiro atoms. The van der Waals surface area contributed by atoms with E-state index in [4.69, 9.17) is 0 Å². The number of benzene rings is 2. The molecule has 1 amide bonds. The molecule has 0 aliphatic heterocycles. The fourth-order valence-corrected chi connectivity index (χ4v) is 3.00. The summed E-state index contributed by atoms with van der Waals surface area (Å²) in [5, 5.41) is 7.15. The Balaban J connectivity index is 1.87. The second kappa shape index (κ2) is 8.17. The molecule has 1 atom stereocenters. The number of carbonyl (C=O) groups is 1. The van der Waals surface area contributed by atoms with Crippen LogP contribution in [0.5, 0.6) is 0 Å². The molecule has 1 aromatic heterocycles. The second-order valence-electron chi connectivity index (χ2n) is 6.90. The van der Waals surface area contributed by atoms with E-state index in [0.29, 0.717) is 12.1 Å². The third-order valence-corrected chi connectivity index (χ3v) is 4.91. The van der Waals surface area contributed by atoms with Crippen molar-refractivity contribution in [2.24, 2.45) is 0 Å². The van der Waals surface area contributed by atoms with Crippen molar-refractivity contribution in [3.05, 3.63) is 75.8 Å². The lowest BCUT2D eigenvalue weighted by atomic mass is 10.1. The van der Waals surface area contributed by atoms with Crippen LogP contribution in [0.15, 0.2) is 53.5 Å². The number of hydrogen-bond acceptors (Lipinski definition) is 4. The summed E-state index contributed by atoms with van der Waals surface area (Å²) in [6, 6.07) is 12.7. The fraction of sp³-hybridized carbons (Fsp3) is 0.273. The van der Waals surface area contributed by atoms with E-state index in [-0.39, 0.29) is 5.91 Å². The largest absolute Gasteiger partial charge is 0.365 e. The summed E-state index contributed by atoms with van der Waals surface area (Å²) in [6.07, 6.45) is 1.95. The van der Waals surface area contributed by atoms with Crippen molar-refractivity contribution in [3.63, 3.8) is 0 Å². The quantitative estimate of drug-likeness (QED) is 0.734. The van der Waals surface area contributed by atoms with E-state index >= 15 is 0 Å². The molecule has 0 saturated carbocycles. The summed E-state index contributed by atoms with van der Waals surface area (Å²) >= 11 is 0. The lowest BCUT2D eigenvalue weighted by molar-refractivity contribution is -0.119. The number of nitrogens with one attached hydrogen (secondary N) is 1. The highest BCUT2D eigenvalue weighted by molar-refractivity contribution is 5.94. The molecule has 6 heteroatoms. The Labute approximate surface area is 164 Å². The lowest BCUT2D eigenvalue weighted by Crippen LogP contribution is -2.36. The summed E-state index contributed by atoms with van der Waals surface area (Å²) in [4.78, 5) is 29.5. The maximum absolute atomic E-state index is 12.8. The zero-order valence-corrected chi connectivity index (χ0v) is 16.6. The molecule has 1 N–H and O–H groups in total. The van der Waals surface area contributed by atoms with Crippen molar-refractivity contribution in [2.75, 3.05) is 5.32 Å². The molecule has 2 aromatic carbocycles. The van der Waals surface area contributed by atoms with Crippen molar-refractivity contribution < 1.29 is 4.79 Å². The van der Waals surface area contributed by atoms with Crippen LogP contribution in [0.4, 0.5) is 5.69 Å². The number of aryl methyl sites for hydroxylation is 2. The highest BCUT2D eigenvalue weighted by Crippen LogP contribution is 2.20. The van der Waals surface area contributed by atoms with Gasteiger partial charge < -0.3 is 5.32 Å². The highest BCUT2D eigenvalue weighted by atomic mass is 16.2. The molecular weight excluding hydrogens is 352 g/mol. The summed E-state index contributed by atoms with van der Waals surface area (Å²) in [6.45, 7) is 7.78. The van der Waals surface area contributed by atoms with Crippen LogP contribution >= 0.6 is 0 Å².